The summed E-state index contributed by atoms with van der Waals surface area (Å²) in [4.78, 5) is 20.4. The molecule has 11 nitrogen and oxygen atoms in total. The van der Waals surface area contributed by atoms with Crippen molar-refractivity contribution in [1.29, 1.82) is 0 Å². The van der Waals surface area contributed by atoms with E-state index in [2.05, 4.69) is 25.9 Å². The number of hydrogen-bond donors (Lipinski definition) is 4. The van der Waals surface area contributed by atoms with Crippen LogP contribution in [0.5, 0.6) is 5.75 Å². The number of nitrogens with one attached hydrogen (secondary N) is 3. The van der Waals surface area contributed by atoms with Crippen molar-refractivity contribution in [3.63, 3.8) is 0 Å². The number of carbonyl (C=O) groups excluding carboxylic acids is 1. The van der Waals surface area contributed by atoms with Gasteiger partial charge in [-0.3, -0.25) is 0 Å². The SMILES string of the molecule is CC(C)(C)OC(=O)NC1CCOc2ccc(Nc3nc(Nc4ccc(S(N)(=O)=O)cc4)ncc3F)cc21. The molecule has 0 radical (unpaired) electrons. The van der Waals surface area contributed by atoms with Gasteiger partial charge in [-0.25, -0.2) is 27.7 Å². The maximum absolute atomic E-state index is 14.5. The van der Waals surface area contributed by atoms with Gasteiger partial charge in [0.15, 0.2) is 11.6 Å². The zero-order valence-electron chi connectivity index (χ0n) is 20.4. The topological polar surface area (TPSA) is 158 Å². The highest BCUT2D eigenvalue weighted by Crippen LogP contribution is 2.35. The number of sulfonamides is 1. The fourth-order valence-corrected chi connectivity index (χ4v) is 4.10. The number of rotatable bonds is 6. The van der Waals surface area contributed by atoms with Crippen LogP contribution in [0.2, 0.25) is 0 Å². The second kappa shape index (κ2) is 10.2. The number of amides is 1. The van der Waals surface area contributed by atoms with Crippen molar-refractivity contribution in [1.82, 2.24) is 15.3 Å². The first-order valence-corrected chi connectivity index (χ1v) is 12.9. The summed E-state index contributed by atoms with van der Waals surface area (Å²) in [6.45, 7) is 5.77. The lowest BCUT2D eigenvalue weighted by Gasteiger charge is -2.28. The molecule has 1 aromatic heterocycles. The summed E-state index contributed by atoms with van der Waals surface area (Å²) in [5.41, 5.74) is 1.07. The van der Waals surface area contributed by atoms with Gasteiger partial charge in [-0.05, 0) is 63.2 Å². The van der Waals surface area contributed by atoms with E-state index in [-0.39, 0.29) is 22.7 Å². The van der Waals surface area contributed by atoms with Gasteiger partial charge in [0.2, 0.25) is 16.0 Å². The molecular formula is C24H27FN6O5S. The van der Waals surface area contributed by atoms with Crippen molar-refractivity contribution in [3.05, 3.63) is 60.0 Å². The Balaban J connectivity index is 1.51. The molecule has 0 saturated heterocycles. The molecule has 2 aromatic carbocycles. The number of alkyl carbamates (subject to hydrolysis) is 1. The van der Waals surface area contributed by atoms with Crippen LogP contribution >= 0.6 is 0 Å². The van der Waals surface area contributed by atoms with Crippen LogP contribution in [0.25, 0.3) is 0 Å². The number of fused-ring (bicyclic) bond motifs is 1. The Morgan fingerprint density at radius 3 is 2.51 bits per heavy atom. The molecule has 1 aliphatic rings. The van der Waals surface area contributed by atoms with Gasteiger partial charge in [-0.15, -0.1) is 0 Å². The molecular weight excluding hydrogens is 503 g/mol. The second-order valence-electron chi connectivity index (χ2n) is 9.30. The van der Waals surface area contributed by atoms with Crippen molar-refractivity contribution >= 4 is 39.3 Å². The highest BCUT2D eigenvalue weighted by molar-refractivity contribution is 7.89. The summed E-state index contributed by atoms with van der Waals surface area (Å²) in [5.74, 6) is -0.0937. The first kappa shape index (κ1) is 26.1. The Kier molecular flexibility index (Phi) is 7.18. The molecule has 1 aliphatic heterocycles. The normalized spacial score (nSPS) is 15.2. The van der Waals surface area contributed by atoms with E-state index < -0.39 is 27.5 Å². The predicted molar refractivity (Wildman–Crippen MR) is 135 cm³/mol. The van der Waals surface area contributed by atoms with E-state index in [0.29, 0.717) is 35.7 Å². The van der Waals surface area contributed by atoms with E-state index >= 15 is 0 Å². The average Bonchev–Trinajstić information content (AvgIpc) is 2.80. The van der Waals surface area contributed by atoms with Crippen LogP contribution < -0.4 is 25.8 Å². The molecule has 0 fully saturated rings. The third-order valence-electron chi connectivity index (χ3n) is 5.19. The van der Waals surface area contributed by atoms with E-state index in [4.69, 9.17) is 14.6 Å². The van der Waals surface area contributed by atoms with Gasteiger partial charge in [0.05, 0.1) is 23.7 Å². The van der Waals surface area contributed by atoms with E-state index in [1.54, 1.807) is 39.0 Å². The summed E-state index contributed by atoms with van der Waals surface area (Å²) in [7, 11) is -3.82. The van der Waals surface area contributed by atoms with E-state index in [9.17, 15) is 17.6 Å². The fraction of sp³-hybridized carbons (Fsp3) is 0.292. The first-order chi connectivity index (χ1) is 17.4. The standard InChI is InChI=1S/C24H27FN6O5S/c1-24(2,3)36-23(32)30-19-10-11-35-20-9-6-15(12-17(19)20)28-21-18(25)13-27-22(31-21)29-14-4-7-16(8-5-14)37(26,33)34/h4-9,12-13,19H,10-11H2,1-3H3,(H,30,32)(H2,26,33,34)(H2,27,28,29,31). The molecule has 0 aliphatic carbocycles. The summed E-state index contributed by atoms with van der Waals surface area (Å²) < 4.78 is 48.4. The predicted octanol–water partition coefficient (Wildman–Crippen LogP) is 4.10. The summed E-state index contributed by atoms with van der Waals surface area (Å²) >= 11 is 0. The highest BCUT2D eigenvalue weighted by Gasteiger charge is 2.26. The van der Waals surface area contributed by atoms with Crippen LogP contribution in [-0.2, 0) is 14.8 Å². The lowest BCUT2D eigenvalue weighted by molar-refractivity contribution is 0.0491. The molecule has 13 heteroatoms. The quantitative estimate of drug-likeness (QED) is 0.368. The van der Waals surface area contributed by atoms with Crippen LogP contribution in [-0.4, -0.2) is 36.7 Å². The number of carbonyl (C=O) groups is 1. The van der Waals surface area contributed by atoms with Gasteiger partial charge in [0.1, 0.15) is 11.4 Å². The van der Waals surface area contributed by atoms with Gasteiger partial charge < -0.3 is 25.4 Å². The summed E-state index contributed by atoms with van der Waals surface area (Å²) in [6.07, 6.45) is 0.999. The van der Waals surface area contributed by atoms with Crippen molar-refractivity contribution < 1.29 is 27.1 Å². The molecule has 196 valence electrons. The molecule has 37 heavy (non-hydrogen) atoms. The van der Waals surface area contributed by atoms with Crippen LogP contribution in [0.4, 0.5) is 32.3 Å². The monoisotopic (exact) mass is 530 g/mol. The van der Waals surface area contributed by atoms with Crippen molar-refractivity contribution in [2.24, 2.45) is 5.14 Å². The number of nitrogens with zero attached hydrogens (tertiary/aromatic N) is 2. The third-order valence-corrected chi connectivity index (χ3v) is 6.12. The van der Waals surface area contributed by atoms with Gasteiger partial charge >= 0.3 is 6.09 Å². The number of benzene rings is 2. The molecule has 0 saturated carbocycles. The first-order valence-electron chi connectivity index (χ1n) is 11.3. The minimum absolute atomic E-state index is 0.0451. The maximum atomic E-state index is 14.5. The van der Waals surface area contributed by atoms with Crippen LogP contribution in [0.3, 0.4) is 0 Å². The molecule has 4 rings (SSSR count). The lowest BCUT2D eigenvalue weighted by atomic mass is 10.00. The smallest absolute Gasteiger partial charge is 0.408 e. The van der Waals surface area contributed by atoms with Crippen molar-refractivity contribution in [3.8, 4) is 5.75 Å². The van der Waals surface area contributed by atoms with Crippen LogP contribution in [0, 0.1) is 5.82 Å². The zero-order valence-corrected chi connectivity index (χ0v) is 21.2. The molecule has 1 unspecified atom stereocenters. The number of anilines is 4. The largest absolute Gasteiger partial charge is 0.493 e. The highest BCUT2D eigenvalue weighted by atomic mass is 32.2. The number of nitrogens with two attached hydrogens (primary N) is 1. The van der Waals surface area contributed by atoms with E-state index in [0.717, 1.165) is 6.20 Å². The average molecular weight is 531 g/mol. The summed E-state index contributed by atoms with van der Waals surface area (Å²) in [5, 5.41) is 13.8. The minimum Gasteiger partial charge on any atom is -0.493 e. The molecule has 0 bridgehead atoms. The van der Waals surface area contributed by atoms with Crippen molar-refractivity contribution in [2.75, 3.05) is 17.2 Å². The summed E-state index contributed by atoms with van der Waals surface area (Å²) in [6, 6.07) is 10.5. The molecule has 1 amide bonds. The number of halogens is 1. The molecule has 2 heterocycles. The van der Waals surface area contributed by atoms with Gasteiger partial charge in [-0.1, -0.05) is 0 Å². The van der Waals surface area contributed by atoms with Crippen LogP contribution in [0.1, 0.15) is 38.8 Å². The van der Waals surface area contributed by atoms with Gasteiger partial charge in [-0.2, -0.15) is 4.98 Å². The second-order valence-corrected chi connectivity index (χ2v) is 10.9. The van der Waals surface area contributed by atoms with E-state index in [1.807, 2.05) is 0 Å². The Morgan fingerprint density at radius 2 is 1.84 bits per heavy atom. The lowest BCUT2D eigenvalue weighted by Crippen LogP contribution is -2.36. The van der Waals surface area contributed by atoms with E-state index in [1.165, 1.54) is 24.3 Å². The Hall–Kier alpha value is -3.97. The fourth-order valence-electron chi connectivity index (χ4n) is 3.58. The molecule has 5 N–H and O–H groups in total. The van der Waals surface area contributed by atoms with Gasteiger partial charge in [0, 0.05) is 23.4 Å². The third kappa shape index (κ3) is 6.83. The Bertz CT molecular complexity index is 1410. The minimum atomic E-state index is -3.82. The molecule has 0 spiro atoms. The maximum Gasteiger partial charge on any atom is 0.408 e. The van der Waals surface area contributed by atoms with Crippen molar-refractivity contribution in [2.45, 2.75) is 43.7 Å². The molecule has 3 aromatic rings. The molecule has 1 atom stereocenters. The number of primary sulfonamides is 1. The van der Waals surface area contributed by atoms with Crippen LogP contribution in [0.15, 0.2) is 53.6 Å². The zero-order chi connectivity index (χ0) is 26.8. The Morgan fingerprint density at radius 1 is 1.14 bits per heavy atom. The Labute approximate surface area is 213 Å². The van der Waals surface area contributed by atoms with Gasteiger partial charge in [0.25, 0.3) is 0 Å². The number of aromatic nitrogens is 2. The number of hydrogen-bond acceptors (Lipinski definition) is 9. The number of ether oxygens (including phenoxy) is 2.